The van der Waals surface area contributed by atoms with Crippen molar-refractivity contribution in [2.24, 2.45) is 11.8 Å². The Morgan fingerprint density at radius 2 is 1.81 bits per heavy atom. The van der Waals surface area contributed by atoms with Gasteiger partial charge >= 0.3 is 0 Å². The van der Waals surface area contributed by atoms with Gasteiger partial charge in [0, 0.05) is 0 Å². The quantitative estimate of drug-likeness (QED) is 0.801. The van der Waals surface area contributed by atoms with Crippen LogP contribution < -0.4 is 5.32 Å². The van der Waals surface area contributed by atoms with E-state index in [0.717, 1.165) is 18.4 Å². The Morgan fingerprint density at radius 3 is 2.31 bits per heavy atom. The number of nitrogens with one attached hydrogen (secondary N) is 1. The smallest absolute Gasteiger partial charge is 0.00179 e. The van der Waals surface area contributed by atoms with Crippen molar-refractivity contribution >= 4 is 0 Å². The van der Waals surface area contributed by atoms with E-state index >= 15 is 0 Å². The van der Waals surface area contributed by atoms with Gasteiger partial charge in [0.25, 0.3) is 0 Å². The van der Waals surface area contributed by atoms with Crippen molar-refractivity contribution in [1.29, 1.82) is 0 Å². The first-order valence-corrected chi connectivity index (χ1v) is 6.25. The molecule has 16 heavy (non-hydrogen) atoms. The first kappa shape index (κ1) is 13.2. The number of hydrogen-bond acceptors (Lipinski definition) is 1. The van der Waals surface area contributed by atoms with Crippen molar-refractivity contribution in [3.63, 3.8) is 0 Å². The zero-order valence-corrected chi connectivity index (χ0v) is 11.3. The summed E-state index contributed by atoms with van der Waals surface area (Å²) in [5.41, 5.74) is 4.26. The third-order valence-electron chi connectivity index (χ3n) is 3.48. The van der Waals surface area contributed by atoms with Gasteiger partial charge < -0.3 is 5.32 Å². The van der Waals surface area contributed by atoms with E-state index in [-0.39, 0.29) is 0 Å². The van der Waals surface area contributed by atoms with Crippen LogP contribution in [-0.2, 0) is 6.42 Å². The predicted octanol–water partition coefficient (Wildman–Crippen LogP) is 3.34. The minimum absolute atomic E-state index is 0.729. The van der Waals surface area contributed by atoms with Crippen LogP contribution in [0.2, 0.25) is 0 Å². The van der Waals surface area contributed by atoms with Crippen molar-refractivity contribution in [3.05, 3.63) is 34.9 Å². The van der Waals surface area contributed by atoms with Crippen molar-refractivity contribution in [1.82, 2.24) is 5.32 Å². The minimum atomic E-state index is 0.729. The zero-order valence-electron chi connectivity index (χ0n) is 11.3. The molecule has 90 valence electrons. The number of benzene rings is 1. The van der Waals surface area contributed by atoms with Crippen LogP contribution in [-0.4, -0.2) is 13.6 Å². The lowest BCUT2D eigenvalue weighted by atomic mass is 9.88. The van der Waals surface area contributed by atoms with Crippen LogP contribution in [0.25, 0.3) is 0 Å². The molecule has 1 aromatic rings. The van der Waals surface area contributed by atoms with Crippen molar-refractivity contribution in [3.8, 4) is 0 Å². The van der Waals surface area contributed by atoms with Gasteiger partial charge in [-0.3, -0.25) is 0 Å². The van der Waals surface area contributed by atoms with Gasteiger partial charge in [-0.05, 0) is 62.4 Å². The molecule has 1 rings (SSSR count). The van der Waals surface area contributed by atoms with Crippen LogP contribution in [0, 0.1) is 25.7 Å². The van der Waals surface area contributed by atoms with Crippen LogP contribution in [0.5, 0.6) is 0 Å². The molecule has 0 saturated carbocycles. The highest BCUT2D eigenvalue weighted by Gasteiger charge is 2.13. The molecule has 0 bridgehead atoms. The third kappa shape index (κ3) is 3.64. The van der Waals surface area contributed by atoms with Crippen molar-refractivity contribution < 1.29 is 0 Å². The average molecular weight is 219 g/mol. The summed E-state index contributed by atoms with van der Waals surface area (Å²) in [5, 5.41) is 3.30. The predicted molar refractivity (Wildman–Crippen MR) is 71.9 cm³/mol. The summed E-state index contributed by atoms with van der Waals surface area (Å²) in [6.45, 7) is 10.1. The molecule has 0 radical (unpaired) electrons. The van der Waals surface area contributed by atoms with Gasteiger partial charge in [-0.1, -0.05) is 32.0 Å². The molecule has 0 aromatic heterocycles. The van der Waals surface area contributed by atoms with E-state index in [1.54, 1.807) is 0 Å². The van der Waals surface area contributed by atoms with E-state index in [9.17, 15) is 0 Å². The summed E-state index contributed by atoms with van der Waals surface area (Å²) in [5.74, 6) is 1.46. The molecule has 0 fully saturated rings. The molecule has 1 unspecified atom stereocenters. The maximum absolute atomic E-state index is 3.30. The second-order valence-corrected chi connectivity index (χ2v) is 5.18. The van der Waals surface area contributed by atoms with E-state index in [2.05, 4.69) is 51.2 Å². The molecule has 0 saturated heterocycles. The number of hydrogen-bond donors (Lipinski definition) is 1. The van der Waals surface area contributed by atoms with Crippen molar-refractivity contribution in [2.45, 2.75) is 34.1 Å². The van der Waals surface area contributed by atoms with E-state index in [4.69, 9.17) is 0 Å². The van der Waals surface area contributed by atoms with Crippen LogP contribution in [0.3, 0.4) is 0 Å². The summed E-state index contributed by atoms with van der Waals surface area (Å²) in [4.78, 5) is 0. The molecule has 1 N–H and O–H groups in total. The fourth-order valence-electron chi connectivity index (χ4n) is 2.04. The molecule has 0 aliphatic heterocycles. The molecule has 0 heterocycles. The zero-order chi connectivity index (χ0) is 12.1. The lowest BCUT2D eigenvalue weighted by Crippen LogP contribution is -2.25. The van der Waals surface area contributed by atoms with Crippen LogP contribution in [0.1, 0.15) is 30.5 Å². The molecule has 0 spiro atoms. The molecule has 0 amide bonds. The van der Waals surface area contributed by atoms with Gasteiger partial charge in [-0.15, -0.1) is 0 Å². The maximum atomic E-state index is 3.30. The molecule has 1 atom stereocenters. The first-order valence-electron chi connectivity index (χ1n) is 6.25. The van der Waals surface area contributed by atoms with Gasteiger partial charge in [-0.25, -0.2) is 0 Å². The second-order valence-electron chi connectivity index (χ2n) is 5.18. The lowest BCUT2D eigenvalue weighted by molar-refractivity contribution is 0.370. The van der Waals surface area contributed by atoms with Gasteiger partial charge in [0.1, 0.15) is 0 Å². The Kier molecular flexibility index (Phi) is 5.01. The van der Waals surface area contributed by atoms with E-state index in [0.29, 0.717) is 0 Å². The monoisotopic (exact) mass is 219 g/mol. The third-order valence-corrected chi connectivity index (χ3v) is 3.48. The molecular weight excluding hydrogens is 194 g/mol. The standard InChI is InChI=1S/C15H25N/c1-11(2)15(10-16-5)9-14-7-6-12(3)13(4)8-14/h6-8,11,15-16H,9-10H2,1-5H3. The Morgan fingerprint density at radius 1 is 1.12 bits per heavy atom. The Hall–Kier alpha value is -0.820. The highest BCUT2D eigenvalue weighted by atomic mass is 14.8. The lowest BCUT2D eigenvalue weighted by Gasteiger charge is -2.21. The Balaban J connectivity index is 2.73. The SMILES string of the molecule is CNCC(Cc1ccc(C)c(C)c1)C(C)C. The molecule has 1 heteroatoms. The normalized spacial score (nSPS) is 13.1. The summed E-state index contributed by atoms with van der Waals surface area (Å²) in [6.07, 6.45) is 1.18. The van der Waals surface area contributed by atoms with Crippen LogP contribution in [0.4, 0.5) is 0 Å². The van der Waals surface area contributed by atoms with Crippen LogP contribution >= 0.6 is 0 Å². The molecular formula is C15H25N. The fourth-order valence-corrected chi connectivity index (χ4v) is 2.04. The van der Waals surface area contributed by atoms with Crippen LogP contribution in [0.15, 0.2) is 18.2 Å². The van der Waals surface area contributed by atoms with Gasteiger partial charge in [-0.2, -0.15) is 0 Å². The highest BCUT2D eigenvalue weighted by Crippen LogP contribution is 2.18. The van der Waals surface area contributed by atoms with E-state index in [1.807, 2.05) is 7.05 Å². The van der Waals surface area contributed by atoms with Crippen molar-refractivity contribution in [2.75, 3.05) is 13.6 Å². The average Bonchev–Trinajstić information content (AvgIpc) is 2.22. The fraction of sp³-hybridized carbons (Fsp3) is 0.600. The summed E-state index contributed by atoms with van der Waals surface area (Å²) >= 11 is 0. The maximum Gasteiger partial charge on any atom is -0.00179 e. The van der Waals surface area contributed by atoms with Gasteiger partial charge in [0.2, 0.25) is 0 Å². The van der Waals surface area contributed by atoms with Gasteiger partial charge in [0.15, 0.2) is 0 Å². The summed E-state index contributed by atoms with van der Waals surface area (Å²) < 4.78 is 0. The topological polar surface area (TPSA) is 12.0 Å². The summed E-state index contributed by atoms with van der Waals surface area (Å²) in [7, 11) is 2.04. The Bertz CT molecular complexity index is 328. The minimum Gasteiger partial charge on any atom is -0.319 e. The van der Waals surface area contributed by atoms with E-state index < -0.39 is 0 Å². The molecule has 1 nitrogen and oxygen atoms in total. The largest absolute Gasteiger partial charge is 0.319 e. The summed E-state index contributed by atoms with van der Waals surface area (Å²) in [6, 6.07) is 6.84. The van der Waals surface area contributed by atoms with E-state index in [1.165, 1.54) is 23.1 Å². The van der Waals surface area contributed by atoms with Gasteiger partial charge in [0.05, 0.1) is 0 Å². The molecule has 0 aliphatic rings. The second kappa shape index (κ2) is 6.05. The molecule has 1 aromatic carbocycles. The number of aryl methyl sites for hydroxylation is 2. The number of rotatable bonds is 5. The molecule has 0 aliphatic carbocycles. The highest BCUT2D eigenvalue weighted by molar-refractivity contribution is 5.30. The first-order chi connectivity index (χ1) is 7.54. The Labute approximate surface area is 100 Å².